The minimum atomic E-state index is 0.447. The Balaban J connectivity index is 2.23. The summed E-state index contributed by atoms with van der Waals surface area (Å²) in [5.41, 5.74) is 3.32. The van der Waals surface area contributed by atoms with Crippen LogP contribution >= 0.6 is 0 Å². The van der Waals surface area contributed by atoms with E-state index < -0.39 is 0 Å². The lowest BCUT2D eigenvalue weighted by atomic mass is 9.72. The molecule has 0 aromatic heterocycles. The van der Waals surface area contributed by atoms with E-state index in [1.54, 1.807) is 0 Å². The molecule has 0 unspecified atom stereocenters. The van der Waals surface area contributed by atoms with Gasteiger partial charge in [0, 0.05) is 18.5 Å². The number of aryl methyl sites for hydroxylation is 1. The molecule has 1 aromatic rings. The monoisotopic (exact) mass is 189 g/mol. The molecule has 1 N–H and O–H groups in total. The number of benzene rings is 1. The molecule has 1 nitrogen and oxygen atoms in total. The zero-order chi connectivity index (χ0) is 10.0. The van der Waals surface area contributed by atoms with Gasteiger partial charge in [-0.25, -0.2) is 0 Å². The van der Waals surface area contributed by atoms with Gasteiger partial charge in [0.2, 0.25) is 0 Å². The molecule has 1 saturated heterocycles. The zero-order valence-corrected chi connectivity index (χ0v) is 9.14. The van der Waals surface area contributed by atoms with Crippen LogP contribution in [-0.4, -0.2) is 13.1 Å². The fourth-order valence-electron chi connectivity index (χ4n) is 2.34. The van der Waals surface area contributed by atoms with E-state index in [4.69, 9.17) is 0 Å². The van der Waals surface area contributed by atoms with E-state index in [1.165, 1.54) is 24.0 Å². The summed E-state index contributed by atoms with van der Waals surface area (Å²) in [7, 11) is 0. The van der Waals surface area contributed by atoms with Crippen molar-refractivity contribution in [2.24, 2.45) is 0 Å². The van der Waals surface area contributed by atoms with Crippen LogP contribution in [0.2, 0.25) is 0 Å². The topological polar surface area (TPSA) is 12.0 Å². The van der Waals surface area contributed by atoms with Gasteiger partial charge in [-0.3, -0.25) is 0 Å². The SMILES string of the molecule is CCCC1(c2ccc(C)cc2)CNC1. The maximum Gasteiger partial charge on any atom is 0.0202 e. The van der Waals surface area contributed by atoms with Gasteiger partial charge in [-0.2, -0.15) is 0 Å². The molecule has 0 bridgehead atoms. The van der Waals surface area contributed by atoms with E-state index in [0.717, 1.165) is 13.1 Å². The Labute approximate surface area is 86.5 Å². The average molecular weight is 189 g/mol. The summed E-state index contributed by atoms with van der Waals surface area (Å²) in [6.45, 7) is 6.73. The number of hydrogen-bond donors (Lipinski definition) is 1. The second-order valence-corrected chi connectivity index (χ2v) is 4.50. The van der Waals surface area contributed by atoms with E-state index in [-0.39, 0.29) is 0 Å². The maximum atomic E-state index is 3.40. The molecule has 0 saturated carbocycles. The summed E-state index contributed by atoms with van der Waals surface area (Å²) in [5.74, 6) is 0. The molecule has 0 atom stereocenters. The van der Waals surface area contributed by atoms with Crippen LogP contribution in [0, 0.1) is 6.92 Å². The highest BCUT2D eigenvalue weighted by atomic mass is 15.0. The van der Waals surface area contributed by atoms with Gasteiger partial charge in [0.15, 0.2) is 0 Å². The molecule has 0 radical (unpaired) electrons. The lowest BCUT2D eigenvalue weighted by molar-refractivity contribution is 0.255. The highest BCUT2D eigenvalue weighted by molar-refractivity contribution is 5.32. The lowest BCUT2D eigenvalue weighted by Crippen LogP contribution is -2.56. The first-order valence-corrected chi connectivity index (χ1v) is 5.55. The highest BCUT2D eigenvalue weighted by Gasteiger charge is 2.37. The smallest absolute Gasteiger partial charge is 0.0202 e. The van der Waals surface area contributed by atoms with Crippen LogP contribution in [0.15, 0.2) is 24.3 Å². The van der Waals surface area contributed by atoms with Crippen molar-refractivity contribution >= 4 is 0 Å². The fourth-order valence-corrected chi connectivity index (χ4v) is 2.34. The molecule has 1 aliphatic rings. The summed E-state index contributed by atoms with van der Waals surface area (Å²) in [6, 6.07) is 9.05. The molecule has 2 rings (SSSR count). The van der Waals surface area contributed by atoms with Crippen molar-refractivity contribution in [2.75, 3.05) is 13.1 Å². The van der Waals surface area contributed by atoms with Gasteiger partial charge in [-0.15, -0.1) is 0 Å². The third kappa shape index (κ3) is 1.57. The summed E-state index contributed by atoms with van der Waals surface area (Å²) >= 11 is 0. The normalized spacial score (nSPS) is 19.0. The first-order chi connectivity index (χ1) is 6.77. The van der Waals surface area contributed by atoms with Gasteiger partial charge in [0.1, 0.15) is 0 Å². The molecule has 0 aliphatic carbocycles. The molecular weight excluding hydrogens is 170 g/mol. The lowest BCUT2D eigenvalue weighted by Gasteiger charge is -2.43. The molecule has 1 fully saturated rings. The Hall–Kier alpha value is -0.820. The van der Waals surface area contributed by atoms with Crippen LogP contribution < -0.4 is 5.32 Å². The minimum absolute atomic E-state index is 0.447. The summed E-state index contributed by atoms with van der Waals surface area (Å²) in [4.78, 5) is 0. The maximum absolute atomic E-state index is 3.40. The molecule has 1 heteroatoms. The molecule has 1 heterocycles. The van der Waals surface area contributed by atoms with E-state index in [0.29, 0.717) is 5.41 Å². The molecular formula is C13H19N. The molecule has 1 aliphatic heterocycles. The fraction of sp³-hybridized carbons (Fsp3) is 0.538. The quantitative estimate of drug-likeness (QED) is 0.770. The van der Waals surface area contributed by atoms with Gasteiger partial charge >= 0.3 is 0 Å². The van der Waals surface area contributed by atoms with Crippen molar-refractivity contribution in [1.29, 1.82) is 0 Å². The number of rotatable bonds is 3. The predicted octanol–water partition coefficient (Wildman–Crippen LogP) is 2.64. The van der Waals surface area contributed by atoms with Crippen LogP contribution in [0.3, 0.4) is 0 Å². The van der Waals surface area contributed by atoms with Gasteiger partial charge in [0.05, 0.1) is 0 Å². The number of nitrogens with one attached hydrogen (secondary N) is 1. The molecule has 14 heavy (non-hydrogen) atoms. The summed E-state index contributed by atoms with van der Waals surface area (Å²) < 4.78 is 0. The highest BCUT2D eigenvalue weighted by Crippen LogP contribution is 2.33. The first-order valence-electron chi connectivity index (χ1n) is 5.55. The largest absolute Gasteiger partial charge is 0.315 e. The van der Waals surface area contributed by atoms with Gasteiger partial charge in [0.25, 0.3) is 0 Å². The predicted molar refractivity (Wildman–Crippen MR) is 60.6 cm³/mol. The summed E-state index contributed by atoms with van der Waals surface area (Å²) in [5, 5.41) is 3.40. The van der Waals surface area contributed by atoms with Crippen LogP contribution in [0.25, 0.3) is 0 Å². The third-order valence-electron chi connectivity index (χ3n) is 3.32. The van der Waals surface area contributed by atoms with Crippen LogP contribution in [0.4, 0.5) is 0 Å². The Morgan fingerprint density at radius 3 is 2.29 bits per heavy atom. The van der Waals surface area contributed by atoms with Gasteiger partial charge < -0.3 is 5.32 Å². The van der Waals surface area contributed by atoms with Gasteiger partial charge in [-0.05, 0) is 18.9 Å². The molecule has 0 spiro atoms. The second kappa shape index (κ2) is 3.74. The number of hydrogen-bond acceptors (Lipinski definition) is 1. The van der Waals surface area contributed by atoms with Crippen LogP contribution in [-0.2, 0) is 5.41 Å². The Morgan fingerprint density at radius 1 is 1.21 bits per heavy atom. The zero-order valence-electron chi connectivity index (χ0n) is 9.14. The van der Waals surface area contributed by atoms with E-state index in [2.05, 4.69) is 43.4 Å². The van der Waals surface area contributed by atoms with Crippen molar-refractivity contribution in [3.05, 3.63) is 35.4 Å². The molecule has 0 amide bonds. The van der Waals surface area contributed by atoms with Crippen LogP contribution in [0.1, 0.15) is 30.9 Å². The van der Waals surface area contributed by atoms with E-state index in [9.17, 15) is 0 Å². The Kier molecular flexibility index (Phi) is 2.60. The van der Waals surface area contributed by atoms with Crippen molar-refractivity contribution in [3.63, 3.8) is 0 Å². The van der Waals surface area contributed by atoms with E-state index >= 15 is 0 Å². The second-order valence-electron chi connectivity index (χ2n) is 4.50. The van der Waals surface area contributed by atoms with Crippen LogP contribution in [0.5, 0.6) is 0 Å². The summed E-state index contributed by atoms with van der Waals surface area (Å²) in [6.07, 6.45) is 2.58. The van der Waals surface area contributed by atoms with Crippen molar-refractivity contribution in [1.82, 2.24) is 5.32 Å². The Bertz CT molecular complexity index is 296. The standard InChI is InChI=1S/C13H19N/c1-3-8-13(9-14-10-13)12-6-4-11(2)5-7-12/h4-7,14H,3,8-10H2,1-2H3. The van der Waals surface area contributed by atoms with Crippen molar-refractivity contribution < 1.29 is 0 Å². The minimum Gasteiger partial charge on any atom is -0.315 e. The van der Waals surface area contributed by atoms with Crippen molar-refractivity contribution in [2.45, 2.75) is 32.1 Å². The molecule has 1 aromatic carbocycles. The van der Waals surface area contributed by atoms with Crippen molar-refractivity contribution in [3.8, 4) is 0 Å². The first kappa shape index (κ1) is 9.72. The van der Waals surface area contributed by atoms with E-state index in [1.807, 2.05) is 0 Å². The third-order valence-corrected chi connectivity index (χ3v) is 3.32. The molecule has 76 valence electrons. The van der Waals surface area contributed by atoms with Gasteiger partial charge in [-0.1, -0.05) is 43.2 Å². The Morgan fingerprint density at radius 2 is 1.86 bits per heavy atom. The average Bonchev–Trinajstić information content (AvgIpc) is 2.13.